The normalized spacial score (nSPS) is 21.3. The number of hydrogen-bond donors (Lipinski definition) is 1. The summed E-state index contributed by atoms with van der Waals surface area (Å²) in [7, 11) is 0. The van der Waals surface area contributed by atoms with Crippen molar-refractivity contribution < 1.29 is 4.52 Å². The van der Waals surface area contributed by atoms with Crippen LogP contribution in [0.4, 0.5) is 0 Å². The monoisotopic (exact) mass is 248 g/mol. The smallest absolute Gasteiger partial charge is 0.177 e. The lowest BCUT2D eigenvalue weighted by atomic mass is 10.1. The first-order valence-corrected chi connectivity index (χ1v) is 7.05. The predicted molar refractivity (Wildman–Crippen MR) is 69.0 cm³/mol. The Hall–Kier alpha value is -1.13. The molecule has 0 aromatic carbocycles. The molecule has 0 unspecified atom stereocenters. The van der Waals surface area contributed by atoms with Gasteiger partial charge < -0.3 is 9.84 Å². The molecule has 0 saturated carbocycles. The van der Waals surface area contributed by atoms with Gasteiger partial charge in [0, 0.05) is 6.07 Å². The van der Waals surface area contributed by atoms with Crippen molar-refractivity contribution in [1.29, 1.82) is 0 Å². The minimum absolute atomic E-state index is 0.370. The lowest BCUT2D eigenvalue weighted by molar-refractivity contribution is 0.403. The molecule has 1 N–H and O–H groups in total. The fourth-order valence-corrected chi connectivity index (χ4v) is 2.94. The molecule has 1 atom stereocenters. The third-order valence-corrected chi connectivity index (χ3v) is 4.09. The van der Waals surface area contributed by atoms with E-state index >= 15 is 0 Å². The Bertz CT molecular complexity index is 455. The third-order valence-electron chi connectivity index (χ3n) is 3.21. The molecule has 3 nitrogen and oxygen atoms in total. The average molecular weight is 248 g/mol. The van der Waals surface area contributed by atoms with Gasteiger partial charge in [0.25, 0.3) is 0 Å². The maximum Gasteiger partial charge on any atom is 0.177 e. The Labute approximate surface area is 105 Å². The molecule has 90 valence electrons. The molecule has 0 spiro atoms. The number of nitrogens with one attached hydrogen (secondary N) is 1. The molecule has 0 radical (unpaired) electrons. The highest BCUT2D eigenvalue weighted by atomic mass is 32.1. The van der Waals surface area contributed by atoms with Gasteiger partial charge in [-0.15, -0.1) is 11.3 Å². The van der Waals surface area contributed by atoms with Crippen LogP contribution in [0, 0.1) is 0 Å². The van der Waals surface area contributed by atoms with Crippen LogP contribution in [0.2, 0.25) is 0 Å². The van der Waals surface area contributed by atoms with E-state index in [4.69, 9.17) is 4.52 Å². The second kappa shape index (κ2) is 5.02. The van der Waals surface area contributed by atoms with Crippen LogP contribution in [0.3, 0.4) is 0 Å². The van der Waals surface area contributed by atoms with Crippen LogP contribution in [-0.2, 0) is 0 Å². The summed E-state index contributed by atoms with van der Waals surface area (Å²) >= 11 is 1.69. The van der Waals surface area contributed by atoms with Crippen LogP contribution >= 0.6 is 11.3 Å². The maximum absolute atomic E-state index is 5.42. The van der Waals surface area contributed by atoms with Gasteiger partial charge >= 0.3 is 0 Å². The summed E-state index contributed by atoms with van der Waals surface area (Å²) < 4.78 is 5.42. The summed E-state index contributed by atoms with van der Waals surface area (Å²) in [6, 6.07) is 6.55. The Morgan fingerprint density at radius 3 is 3.24 bits per heavy atom. The van der Waals surface area contributed by atoms with Gasteiger partial charge in [0.15, 0.2) is 5.76 Å². The molecule has 0 amide bonds. The standard InChI is InChI=1S/C13H16N2OS/c1-2-5-10(14-7-3-1)11-9-12(16-15-11)13-6-4-8-17-13/h4,6,8-10,14H,1-3,5,7H2/t10-/m1/s1. The molecule has 1 aliphatic heterocycles. The van der Waals surface area contributed by atoms with E-state index < -0.39 is 0 Å². The molecule has 3 heterocycles. The summed E-state index contributed by atoms with van der Waals surface area (Å²) in [4.78, 5) is 1.15. The van der Waals surface area contributed by atoms with E-state index in [9.17, 15) is 0 Å². The number of rotatable bonds is 2. The first-order valence-electron chi connectivity index (χ1n) is 6.17. The highest BCUT2D eigenvalue weighted by molar-refractivity contribution is 7.13. The molecule has 2 aromatic heterocycles. The fourth-order valence-electron chi connectivity index (χ4n) is 2.27. The van der Waals surface area contributed by atoms with E-state index in [1.165, 1.54) is 19.3 Å². The SMILES string of the molecule is c1csc(-c2cc([C@H]3CCCCCN3)no2)c1. The van der Waals surface area contributed by atoms with Crippen LogP contribution in [0.15, 0.2) is 28.1 Å². The number of hydrogen-bond acceptors (Lipinski definition) is 4. The maximum atomic E-state index is 5.42. The van der Waals surface area contributed by atoms with Crippen LogP contribution in [0.5, 0.6) is 0 Å². The van der Waals surface area contributed by atoms with Crippen molar-refractivity contribution in [1.82, 2.24) is 10.5 Å². The van der Waals surface area contributed by atoms with E-state index in [2.05, 4.69) is 28.0 Å². The van der Waals surface area contributed by atoms with Crippen molar-refractivity contribution in [3.05, 3.63) is 29.3 Å². The Balaban J connectivity index is 1.79. The highest BCUT2D eigenvalue weighted by Gasteiger charge is 2.18. The third kappa shape index (κ3) is 2.42. The van der Waals surface area contributed by atoms with E-state index in [0.717, 1.165) is 29.3 Å². The van der Waals surface area contributed by atoms with E-state index in [0.29, 0.717) is 6.04 Å². The fraction of sp³-hybridized carbons (Fsp3) is 0.462. The molecular weight excluding hydrogens is 232 g/mol. The lowest BCUT2D eigenvalue weighted by Crippen LogP contribution is -2.20. The quantitative estimate of drug-likeness (QED) is 0.882. The Morgan fingerprint density at radius 2 is 2.35 bits per heavy atom. The van der Waals surface area contributed by atoms with Gasteiger partial charge in [0.05, 0.1) is 10.9 Å². The van der Waals surface area contributed by atoms with Crippen molar-refractivity contribution >= 4 is 11.3 Å². The molecule has 1 fully saturated rings. The zero-order chi connectivity index (χ0) is 11.5. The van der Waals surface area contributed by atoms with E-state index in [-0.39, 0.29) is 0 Å². The second-order valence-electron chi connectivity index (χ2n) is 4.45. The molecule has 17 heavy (non-hydrogen) atoms. The van der Waals surface area contributed by atoms with Gasteiger partial charge in [0.1, 0.15) is 5.69 Å². The summed E-state index contributed by atoms with van der Waals surface area (Å²) in [5.74, 6) is 0.890. The van der Waals surface area contributed by atoms with Crippen LogP contribution in [-0.4, -0.2) is 11.7 Å². The van der Waals surface area contributed by atoms with E-state index in [1.807, 2.05) is 6.07 Å². The van der Waals surface area contributed by atoms with Crippen molar-refractivity contribution in [3.63, 3.8) is 0 Å². The molecule has 1 saturated heterocycles. The minimum Gasteiger partial charge on any atom is -0.355 e. The molecule has 1 aliphatic rings. The van der Waals surface area contributed by atoms with Gasteiger partial charge in [-0.3, -0.25) is 0 Å². The number of nitrogens with zero attached hydrogens (tertiary/aromatic N) is 1. The Kier molecular flexibility index (Phi) is 3.25. The molecular formula is C13H16N2OS. The van der Waals surface area contributed by atoms with Gasteiger partial charge in [0.2, 0.25) is 0 Å². The average Bonchev–Trinajstić information content (AvgIpc) is 2.95. The zero-order valence-electron chi connectivity index (χ0n) is 9.69. The molecule has 4 heteroatoms. The van der Waals surface area contributed by atoms with Gasteiger partial charge in [-0.1, -0.05) is 24.1 Å². The summed E-state index contributed by atoms with van der Waals surface area (Å²) in [5.41, 5.74) is 1.05. The van der Waals surface area contributed by atoms with E-state index in [1.54, 1.807) is 11.3 Å². The summed E-state index contributed by atoms with van der Waals surface area (Å²) in [6.45, 7) is 1.09. The largest absolute Gasteiger partial charge is 0.355 e. The predicted octanol–water partition coefficient (Wildman–Crippen LogP) is 3.61. The van der Waals surface area contributed by atoms with Crippen molar-refractivity contribution in [2.45, 2.75) is 31.7 Å². The number of thiophene rings is 1. The van der Waals surface area contributed by atoms with Gasteiger partial charge in [-0.2, -0.15) is 0 Å². The lowest BCUT2D eigenvalue weighted by Gasteiger charge is -2.11. The zero-order valence-corrected chi connectivity index (χ0v) is 10.5. The summed E-state index contributed by atoms with van der Waals surface area (Å²) in [6.07, 6.45) is 5.03. The molecule has 2 aromatic rings. The minimum atomic E-state index is 0.370. The van der Waals surface area contributed by atoms with Crippen molar-refractivity contribution in [2.24, 2.45) is 0 Å². The van der Waals surface area contributed by atoms with Crippen LogP contribution < -0.4 is 5.32 Å². The van der Waals surface area contributed by atoms with Crippen molar-refractivity contribution in [2.75, 3.05) is 6.54 Å². The summed E-state index contributed by atoms with van der Waals surface area (Å²) in [5, 5.41) is 9.80. The number of aromatic nitrogens is 1. The van der Waals surface area contributed by atoms with Crippen LogP contribution in [0.25, 0.3) is 10.6 Å². The first-order chi connectivity index (χ1) is 8.43. The topological polar surface area (TPSA) is 38.1 Å². The van der Waals surface area contributed by atoms with Gasteiger partial charge in [-0.25, -0.2) is 0 Å². The first kappa shape index (κ1) is 11.0. The Morgan fingerprint density at radius 1 is 1.35 bits per heavy atom. The van der Waals surface area contributed by atoms with Crippen molar-refractivity contribution in [3.8, 4) is 10.6 Å². The molecule has 0 bridgehead atoms. The second-order valence-corrected chi connectivity index (χ2v) is 5.40. The van der Waals surface area contributed by atoms with Gasteiger partial charge in [-0.05, 0) is 30.8 Å². The van der Waals surface area contributed by atoms with Crippen LogP contribution in [0.1, 0.15) is 37.4 Å². The molecule has 3 rings (SSSR count). The molecule has 0 aliphatic carbocycles. The highest BCUT2D eigenvalue weighted by Crippen LogP contribution is 2.29.